The summed E-state index contributed by atoms with van der Waals surface area (Å²) in [7, 11) is 1.67. The second-order valence-electron chi connectivity index (χ2n) is 4.75. The smallest absolute Gasteiger partial charge is 0.145 e. The Morgan fingerprint density at radius 1 is 1.39 bits per heavy atom. The predicted molar refractivity (Wildman–Crippen MR) is 71.7 cm³/mol. The van der Waals surface area contributed by atoms with Gasteiger partial charge in [0, 0.05) is 13.2 Å². The van der Waals surface area contributed by atoms with Crippen molar-refractivity contribution < 1.29 is 13.9 Å². The van der Waals surface area contributed by atoms with Crippen LogP contribution in [0, 0.1) is 5.82 Å². The second kappa shape index (κ2) is 6.05. The molecule has 0 aliphatic heterocycles. The van der Waals surface area contributed by atoms with Gasteiger partial charge in [-0.1, -0.05) is 0 Å². The third-order valence-corrected chi connectivity index (χ3v) is 3.18. The predicted octanol–water partition coefficient (Wildman–Crippen LogP) is 3.45. The van der Waals surface area contributed by atoms with Gasteiger partial charge in [-0.05, 0) is 39.8 Å². The number of methoxy groups -OCH3 is 1. The van der Waals surface area contributed by atoms with Gasteiger partial charge in [-0.25, -0.2) is 4.39 Å². The Kier molecular flexibility index (Phi) is 4.96. The Morgan fingerprint density at radius 2 is 2.06 bits per heavy atom. The topological polar surface area (TPSA) is 30.5 Å². The summed E-state index contributed by atoms with van der Waals surface area (Å²) in [5, 5.41) is 3.30. The molecule has 18 heavy (non-hydrogen) atoms. The van der Waals surface area contributed by atoms with E-state index >= 15 is 0 Å². The molecule has 0 bridgehead atoms. The fourth-order valence-electron chi connectivity index (χ4n) is 1.47. The minimum atomic E-state index is -0.322. The van der Waals surface area contributed by atoms with Crippen LogP contribution < -0.4 is 10.1 Å². The molecule has 0 aromatic heterocycles. The summed E-state index contributed by atoms with van der Waals surface area (Å²) in [4.78, 5) is 0. The Morgan fingerprint density at radius 3 is 2.61 bits per heavy atom. The van der Waals surface area contributed by atoms with Gasteiger partial charge in [0.15, 0.2) is 0 Å². The van der Waals surface area contributed by atoms with Gasteiger partial charge in [0.25, 0.3) is 0 Å². The van der Waals surface area contributed by atoms with E-state index in [0.29, 0.717) is 12.4 Å². The minimum absolute atomic E-state index is 0.0622. The lowest BCUT2D eigenvalue weighted by Crippen LogP contribution is -2.41. The van der Waals surface area contributed by atoms with E-state index < -0.39 is 0 Å². The van der Waals surface area contributed by atoms with Crippen molar-refractivity contribution in [1.82, 2.24) is 0 Å². The molecule has 4 heteroatoms. The molecular weight excluding hydrogens is 233 g/mol. The van der Waals surface area contributed by atoms with Crippen molar-refractivity contribution in [2.45, 2.75) is 39.3 Å². The maximum absolute atomic E-state index is 13.2. The third-order valence-electron chi connectivity index (χ3n) is 3.18. The summed E-state index contributed by atoms with van der Waals surface area (Å²) < 4.78 is 24.0. The highest BCUT2D eigenvalue weighted by atomic mass is 19.1. The summed E-state index contributed by atoms with van der Waals surface area (Å²) >= 11 is 0. The van der Waals surface area contributed by atoms with Gasteiger partial charge in [0.05, 0.1) is 23.9 Å². The number of halogens is 1. The van der Waals surface area contributed by atoms with E-state index in [1.807, 2.05) is 27.7 Å². The van der Waals surface area contributed by atoms with Crippen LogP contribution in [0.15, 0.2) is 18.2 Å². The van der Waals surface area contributed by atoms with Crippen LogP contribution in [0.25, 0.3) is 0 Å². The highest BCUT2D eigenvalue weighted by molar-refractivity contribution is 5.57. The summed E-state index contributed by atoms with van der Waals surface area (Å²) in [5.41, 5.74) is 0.452. The number of ether oxygens (including phenoxy) is 2. The zero-order valence-corrected chi connectivity index (χ0v) is 11.7. The van der Waals surface area contributed by atoms with Crippen LogP contribution in [0.3, 0.4) is 0 Å². The van der Waals surface area contributed by atoms with Gasteiger partial charge >= 0.3 is 0 Å². The standard InChI is InChI=1S/C14H22FNO2/c1-6-18-13-9-11(15)7-8-12(13)16-10(2)14(3,4)17-5/h7-10,16H,6H2,1-5H3. The molecule has 1 N–H and O–H groups in total. The highest BCUT2D eigenvalue weighted by Crippen LogP contribution is 2.28. The first-order valence-corrected chi connectivity index (χ1v) is 6.14. The van der Waals surface area contributed by atoms with Crippen LogP contribution in [0.4, 0.5) is 10.1 Å². The zero-order chi connectivity index (χ0) is 13.8. The van der Waals surface area contributed by atoms with Crippen LogP contribution in [-0.2, 0) is 4.74 Å². The Hall–Kier alpha value is -1.29. The van der Waals surface area contributed by atoms with Crippen molar-refractivity contribution in [3.8, 4) is 5.75 Å². The molecule has 0 radical (unpaired) electrons. The van der Waals surface area contributed by atoms with Crippen molar-refractivity contribution in [1.29, 1.82) is 0 Å². The molecule has 0 heterocycles. The highest BCUT2D eigenvalue weighted by Gasteiger charge is 2.25. The van der Waals surface area contributed by atoms with E-state index in [0.717, 1.165) is 5.69 Å². The molecule has 1 atom stereocenters. The van der Waals surface area contributed by atoms with E-state index in [4.69, 9.17) is 9.47 Å². The summed E-state index contributed by atoms with van der Waals surface area (Å²) in [6.07, 6.45) is 0. The van der Waals surface area contributed by atoms with Crippen LogP contribution in [0.5, 0.6) is 5.75 Å². The van der Waals surface area contributed by atoms with Crippen molar-refractivity contribution in [2.75, 3.05) is 19.0 Å². The van der Waals surface area contributed by atoms with Crippen LogP contribution in [0.2, 0.25) is 0 Å². The summed E-state index contributed by atoms with van der Waals surface area (Å²) in [5.74, 6) is 0.221. The van der Waals surface area contributed by atoms with Gasteiger partial charge in [0.2, 0.25) is 0 Å². The number of rotatable bonds is 6. The van der Waals surface area contributed by atoms with Gasteiger partial charge in [-0.15, -0.1) is 0 Å². The number of hydrogen-bond acceptors (Lipinski definition) is 3. The molecule has 0 amide bonds. The SMILES string of the molecule is CCOc1cc(F)ccc1NC(C)C(C)(C)OC. The Bertz CT molecular complexity index is 393. The van der Waals surface area contributed by atoms with E-state index in [9.17, 15) is 4.39 Å². The monoisotopic (exact) mass is 255 g/mol. The van der Waals surface area contributed by atoms with Crippen molar-refractivity contribution in [2.24, 2.45) is 0 Å². The fraction of sp³-hybridized carbons (Fsp3) is 0.571. The molecular formula is C14H22FNO2. The number of hydrogen-bond donors (Lipinski definition) is 1. The van der Waals surface area contributed by atoms with Crippen molar-refractivity contribution in [3.05, 3.63) is 24.0 Å². The van der Waals surface area contributed by atoms with Crippen molar-refractivity contribution >= 4 is 5.69 Å². The fourth-order valence-corrected chi connectivity index (χ4v) is 1.47. The number of anilines is 1. The Balaban J connectivity index is 2.90. The van der Waals surface area contributed by atoms with Crippen LogP contribution in [-0.4, -0.2) is 25.4 Å². The van der Waals surface area contributed by atoms with Crippen LogP contribution >= 0.6 is 0 Å². The molecule has 1 aromatic rings. The first-order chi connectivity index (χ1) is 8.40. The lowest BCUT2D eigenvalue weighted by atomic mass is 10.00. The molecule has 0 saturated carbocycles. The third kappa shape index (κ3) is 3.60. The second-order valence-corrected chi connectivity index (χ2v) is 4.75. The lowest BCUT2D eigenvalue weighted by Gasteiger charge is -2.32. The molecule has 0 saturated heterocycles. The number of benzene rings is 1. The number of nitrogens with one attached hydrogen (secondary N) is 1. The molecule has 0 spiro atoms. The summed E-state index contributed by atoms with van der Waals surface area (Å²) in [6, 6.07) is 4.55. The maximum Gasteiger partial charge on any atom is 0.145 e. The molecule has 0 aliphatic carbocycles. The van der Waals surface area contributed by atoms with Gasteiger partial charge in [0.1, 0.15) is 11.6 Å². The van der Waals surface area contributed by atoms with Gasteiger partial charge < -0.3 is 14.8 Å². The van der Waals surface area contributed by atoms with E-state index in [1.165, 1.54) is 12.1 Å². The maximum atomic E-state index is 13.2. The Labute approximate surface area is 108 Å². The lowest BCUT2D eigenvalue weighted by molar-refractivity contribution is 0.0107. The van der Waals surface area contributed by atoms with Gasteiger partial charge in [-0.3, -0.25) is 0 Å². The largest absolute Gasteiger partial charge is 0.492 e. The van der Waals surface area contributed by atoms with Gasteiger partial charge in [-0.2, -0.15) is 0 Å². The first kappa shape index (κ1) is 14.8. The quantitative estimate of drug-likeness (QED) is 0.844. The molecule has 0 fully saturated rings. The van der Waals surface area contributed by atoms with Crippen molar-refractivity contribution in [3.63, 3.8) is 0 Å². The normalized spacial score (nSPS) is 13.2. The minimum Gasteiger partial charge on any atom is -0.492 e. The van der Waals surface area contributed by atoms with Crippen LogP contribution in [0.1, 0.15) is 27.7 Å². The molecule has 0 aliphatic rings. The van der Waals surface area contributed by atoms with E-state index in [2.05, 4.69) is 5.32 Å². The first-order valence-electron chi connectivity index (χ1n) is 6.14. The zero-order valence-electron chi connectivity index (χ0n) is 11.7. The van der Waals surface area contributed by atoms with E-state index in [-0.39, 0.29) is 17.5 Å². The molecule has 1 unspecified atom stereocenters. The molecule has 102 valence electrons. The molecule has 3 nitrogen and oxygen atoms in total. The molecule has 1 aromatic carbocycles. The average Bonchev–Trinajstić information content (AvgIpc) is 2.32. The average molecular weight is 255 g/mol. The summed E-state index contributed by atoms with van der Waals surface area (Å²) in [6.45, 7) is 8.38. The van der Waals surface area contributed by atoms with E-state index in [1.54, 1.807) is 13.2 Å². The molecule has 1 rings (SSSR count).